The second kappa shape index (κ2) is 4.78. The third-order valence-electron chi connectivity index (χ3n) is 2.81. The molecule has 0 saturated heterocycles. The van der Waals surface area contributed by atoms with Gasteiger partial charge in [-0.2, -0.15) is 13.2 Å². The van der Waals surface area contributed by atoms with Crippen LogP contribution >= 0.6 is 0 Å². The van der Waals surface area contributed by atoms with E-state index in [0.717, 1.165) is 37.0 Å². The molecule has 0 amide bonds. The Bertz CT molecular complexity index is 436. The zero-order valence-electron chi connectivity index (χ0n) is 9.30. The first kappa shape index (κ1) is 12.0. The lowest BCUT2D eigenvalue weighted by Crippen LogP contribution is -2.04. The molecule has 0 N–H and O–H groups in total. The minimum Gasteiger partial charge on any atom is -0.166 e. The van der Waals surface area contributed by atoms with Gasteiger partial charge in [0.1, 0.15) is 0 Å². The SMILES string of the molecule is FC(F)(F)c1ccc(CC2=CC=CCC2)cc1. The lowest BCUT2D eigenvalue weighted by molar-refractivity contribution is -0.137. The Morgan fingerprint density at radius 3 is 2.29 bits per heavy atom. The van der Waals surface area contributed by atoms with Crippen molar-refractivity contribution in [3.8, 4) is 0 Å². The minimum atomic E-state index is -4.24. The first-order chi connectivity index (χ1) is 8.05. The maximum atomic E-state index is 12.4. The first-order valence-corrected chi connectivity index (χ1v) is 5.56. The molecule has 0 aliphatic heterocycles. The normalized spacial score (nSPS) is 15.8. The molecule has 0 unspecified atom stereocenters. The van der Waals surface area contributed by atoms with E-state index < -0.39 is 11.7 Å². The molecule has 0 nitrogen and oxygen atoms in total. The highest BCUT2D eigenvalue weighted by Gasteiger charge is 2.29. The molecule has 1 aromatic rings. The van der Waals surface area contributed by atoms with E-state index in [4.69, 9.17) is 0 Å². The number of rotatable bonds is 2. The second-order valence-electron chi connectivity index (χ2n) is 4.16. The zero-order chi connectivity index (χ0) is 12.3. The number of benzene rings is 1. The highest BCUT2D eigenvalue weighted by atomic mass is 19.4. The van der Waals surface area contributed by atoms with Crippen molar-refractivity contribution in [2.45, 2.75) is 25.4 Å². The Hall–Kier alpha value is -1.51. The number of hydrogen-bond acceptors (Lipinski definition) is 0. The van der Waals surface area contributed by atoms with Crippen molar-refractivity contribution >= 4 is 0 Å². The van der Waals surface area contributed by atoms with E-state index in [1.54, 1.807) is 12.1 Å². The van der Waals surface area contributed by atoms with Crippen LogP contribution in [0.4, 0.5) is 13.2 Å². The van der Waals surface area contributed by atoms with Crippen LogP contribution in [0.2, 0.25) is 0 Å². The summed E-state index contributed by atoms with van der Waals surface area (Å²) in [6, 6.07) is 5.41. The van der Waals surface area contributed by atoms with Crippen molar-refractivity contribution in [2.24, 2.45) is 0 Å². The predicted molar refractivity (Wildman–Crippen MR) is 61.6 cm³/mol. The summed E-state index contributed by atoms with van der Waals surface area (Å²) in [6.07, 6.45) is 4.65. The van der Waals surface area contributed by atoms with Crippen molar-refractivity contribution in [1.82, 2.24) is 0 Å². The topological polar surface area (TPSA) is 0 Å². The number of alkyl halides is 3. The number of allylic oxidation sites excluding steroid dienone is 4. The van der Waals surface area contributed by atoms with Gasteiger partial charge in [-0.05, 0) is 37.0 Å². The fourth-order valence-corrected chi connectivity index (χ4v) is 1.87. The average Bonchev–Trinajstić information content (AvgIpc) is 2.30. The van der Waals surface area contributed by atoms with Gasteiger partial charge in [-0.3, -0.25) is 0 Å². The second-order valence-corrected chi connectivity index (χ2v) is 4.16. The van der Waals surface area contributed by atoms with Crippen molar-refractivity contribution in [2.75, 3.05) is 0 Å². The van der Waals surface area contributed by atoms with Crippen molar-refractivity contribution in [1.29, 1.82) is 0 Å². The highest BCUT2D eigenvalue weighted by molar-refractivity contribution is 5.30. The Morgan fingerprint density at radius 1 is 1.06 bits per heavy atom. The summed E-state index contributed by atoms with van der Waals surface area (Å²) in [6.45, 7) is 0. The summed E-state index contributed by atoms with van der Waals surface area (Å²) in [5, 5.41) is 0. The Labute approximate surface area is 98.5 Å². The third kappa shape index (κ3) is 3.22. The summed E-state index contributed by atoms with van der Waals surface area (Å²) in [7, 11) is 0. The molecule has 0 fully saturated rings. The van der Waals surface area contributed by atoms with Crippen LogP contribution in [0.25, 0.3) is 0 Å². The molecule has 0 radical (unpaired) electrons. The molecule has 0 spiro atoms. The predicted octanol–water partition coefficient (Wildman–Crippen LogP) is 4.52. The van der Waals surface area contributed by atoms with Crippen LogP contribution in [-0.2, 0) is 12.6 Å². The van der Waals surface area contributed by atoms with Crippen molar-refractivity contribution in [3.05, 3.63) is 59.2 Å². The third-order valence-corrected chi connectivity index (χ3v) is 2.81. The van der Waals surface area contributed by atoms with Gasteiger partial charge < -0.3 is 0 Å². The van der Waals surface area contributed by atoms with Crippen LogP contribution in [0.1, 0.15) is 24.0 Å². The van der Waals surface area contributed by atoms with E-state index in [0.29, 0.717) is 0 Å². The summed E-state index contributed by atoms with van der Waals surface area (Å²) < 4.78 is 37.1. The molecule has 2 rings (SSSR count). The summed E-state index contributed by atoms with van der Waals surface area (Å²) in [4.78, 5) is 0. The minimum absolute atomic E-state index is 0.584. The van der Waals surface area contributed by atoms with E-state index in [2.05, 4.69) is 6.08 Å². The smallest absolute Gasteiger partial charge is 0.166 e. The molecule has 0 heterocycles. The van der Waals surface area contributed by atoms with Crippen LogP contribution < -0.4 is 0 Å². The number of halogens is 3. The standard InChI is InChI=1S/C14H13F3/c15-14(16,17)13-8-6-12(7-9-13)10-11-4-2-1-3-5-11/h1-2,4,6-9H,3,5,10H2. The molecule has 17 heavy (non-hydrogen) atoms. The molecule has 0 saturated carbocycles. The van der Waals surface area contributed by atoms with E-state index in [9.17, 15) is 13.2 Å². The molecule has 0 atom stereocenters. The van der Waals surface area contributed by atoms with Crippen LogP contribution in [0.5, 0.6) is 0 Å². The van der Waals surface area contributed by atoms with Gasteiger partial charge in [0.25, 0.3) is 0 Å². The van der Waals surface area contributed by atoms with Crippen molar-refractivity contribution in [3.63, 3.8) is 0 Å². The molecular formula is C14H13F3. The van der Waals surface area contributed by atoms with Gasteiger partial charge in [0.05, 0.1) is 5.56 Å². The summed E-state index contributed by atoms with van der Waals surface area (Å²) in [5.41, 5.74) is 1.62. The van der Waals surface area contributed by atoms with E-state index in [1.807, 2.05) is 12.2 Å². The van der Waals surface area contributed by atoms with Gasteiger partial charge in [-0.25, -0.2) is 0 Å². The van der Waals surface area contributed by atoms with E-state index in [1.165, 1.54) is 5.57 Å². The Kier molecular flexibility index (Phi) is 3.36. The van der Waals surface area contributed by atoms with Crippen LogP contribution in [0.15, 0.2) is 48.1 Å². The fraction of sp³-hybridized carbons (Fsp3) is 0.286. The number of hydrogen-bond donors (Lipinski definition) is 0. The van der Waals surface area contributed by atoms with Crippen molar-refractivity contribution < 1.29 is 13.2 Å². The van der Waals surface area contributed by atoms with Crippen LogP contribution in [0, 0.1) is 0 Å². The van der Waals surface area contributed by atoms with E-state index >= 15 is 0 Å². The highest BCUT2D eigenvalue weighted by Crippen LogP contribution is 2.29. The summed E-state index contributed by atoms with van der Waals surface area (Å²) >= 11 is 0. The molecular weight excluding hydrogens is 225 g/mol. The lowest BCUT2D eigenvalue weighted by atomic mass is 9.97. The molecule has 1 aliphatic rings. The molecule has 0 bridgehead atoms. The fourth-order valence-electron chi connectivity index (χ4n) is 1.87. The quantitative estimate of drug-likeness (QED) is 0.710. The van der Waals surface area contributed by atoms with Gasteiger partial charge >= 0.3 is 6.18 Å². The van der Waals surface area contributed by atoms with Crippen LogP contribution in [-0.4, -0.2) is 0 Å². The van der Waals surface area contributed by atoms with Gasteiger partial charge in [-0.15, -0.1) is 0 Å². The molecule has 3 heteroatoms. The van der Waals surface area contributed by atoms with Crippen LogP contribution in [0.3, 0.4) is 0 Å². The van der Waals surface area contributed by atoms with Gasteiger partial charge in [0, 0.05) is 0 Å². The zero-order valence-corrected chi connectivity index (χ0v) is 9.30. The largest absolute Gasteiger partial charge is 0.416 e. The molecule has 1 aliphatic carbocycles. The van der Waals surface area contributed by atoms with Gasteiger partial charge in [0.15, 0.2) is 0 Å². The summed E-state index contributed by atoms with van der Waals surface area (Å²) in [5.74, 6) is 0. The van der Waals surface area contributed by atoms with E-state index in [-0.39, 0.29) is 0 Å². The molecule has 1 aromatic carbocycles. The molecule has 90 valence electrons. The maximum absolute atomic E-state index is 12.4. The van der Waals surface area contributed by atoms with Gasteiger partial charge in [-0.1, -0.05) is 35.9 Å². The Balaban J connectivity index is 2.08. The maximum Gasteiger partial charge on any atom is 0.416 e. The monoisotopic (exact) mass is 238 g/mol. The Morgan fingerprint density at radius 2 is 1.76 bits per heavy atom. The average molecular weight is 238 g/mol. The lowest BCUT2D eigenvalue weighted by Gasteiger charge is -2.10. The first-order valence-electron chi connectivity index (χ1n) is 5.56. The molecule has 0 aromatic heterocycles. The van der Waals surface area contributed by atoms with Gasteiger partial charge in [0.2, 0.25) is 0 Å².